The lowest BCUT2D eigenvalue weighted by atomic mass is 10.2. The normalized spacial score (nSPS) is 18.2. The van der Waals surface area contributed by atoms with E-state index in [1.165, 1.54) is 23.1 Å². The van der Waals surface area contributed by atoms with Crippen LogP contribution in [0.3, 0.4) is 0 Å². The molecule has 1 saturated heterocycles. The molecule has 8 heteroatoms. The first-order valence-electron chi connectivity index (χ1n) is 6.74. The predicted molar refractivity (Wildman–Crippen MR) is 84.5 cm³/mol. The van der Waals surface area contributed by atoms with E-state index >= 15 is 0 Å². The van der Waals surface area contributed by atoms with Crippen LogP contribution >= 0.6 is 23.1 Å². The molecule has 0 bridgehead atoms. The first kappa shape index (κ1) is 14.6. The molecule has 1 amide bonds. The Morgan fingerprint density at radius 1 is 1.57 bits per heavy atom. The molecule has 112 valence electrons. The van der Waals surface area contributed by atoms with Gasteiger partial charge in [0.25, 0.3) is 0 Å². The van der Waals surface area contributed by atoms with Crippen LogP contribution in [-0.2, 0) is 9.53 Å². The van der Waals surface area contributed by atoms with E-state index in [9.17, 15) is 4.79 Å². The van der Waals surface area contributed by atoms with Crippen molar-refractivity contribution in [3.8, 4) is 0 Å². The number of hydrogen-bond donors (Lipinski definition) is 2. The van der Waals surface area contributed by atoms with Gasteiger partial charge in [-0.15, -0.1) is 11.3 Å². The molecule has 2 aromatic rings. The van der Waals surface area contributed by atoms with Gasteiger partial charge in [-0.05, 0) is 24.3 Å². The first-order valence-corrected chi connectivity index (χ1v) is 8.61. The van der Waals surface area contributed by atoms with Crippen LogP contribution in [0.5, 0.6) is 0 Å². The lowest BCUT2D eigenvalue weighted by Gasteiger charge is -2.10. The molecule has 0 aromatic carbocycles. The van der Waals surface area contributed by atoms with Crippen molar-refractivity contribution >= 4 is 45.0 Å². The third-order valence-corrected chi connectivity index (χ3v) is 4.87. The fourth-order valence-electron chi connectivity index (χ4n) is 2.14. The van der Waals surface area contributed by atoms with Gasteiger partial charge in [-0.1, -0.05) is 11.8 Å². The number of nitrogens with zero attached hydrogens (tertiary/aromatic N) is 2. The summed E-state index contributed by atoms with van der Waals surface area (Å²) >= 11 is 2.81. The van der Waals surface area contributed by atoms with Crippen molar-refractivity contribution in [3.63, 3.8) is 0 Å². The number of aromatic nitrogens is 2. The maximum atomic E-state index is 11.8. The summed E-state index contributed by atoms with van der Waals surface area (Å²) in [7, 11) is 0. The number of thiophene rings is 1. The highest BCUT2D eigenvalue weighted by Gasteiger charge is 2.16. The zero-order chi connectivity index (χ0) is 14.7. The lowest BCUT2D eigenvalue weighted by molar-refractivity contribution is -0.119. The van der Waals surface area contributed by atoms with E-state index < -0.39 is 0 Å². The number of nitrogens with one attached hydrogen (secondary N) is 1. The summed E-state index contributed by atoms with van der Waals surface area (Å²) in [5.74, 6) is 0.704. The number of carbonyl (C=O) groups is 1. The summed E-state index contributed by atoms with van der Waals surface area (Å²) in [6.45, 7) is 1.37. The number of amides is 1. The zero-order valence-electron chi connectivity index (χ0n) is 11.4. The monoisotopic (exact) mass is 324 g/mol. The van der Waals surface area contributed by atoms with Crippen molar-refractivity contribution in [1.82, 2.24) is 15.3 Å². The highest BCUT2D eigenvalue weighted by molar-refractivity contribution is 7.99. The summed E-state index contributed by atoms with van der Waals surface area (Å²) in [4.78, 5) is 21.3. The van der Waals surface area contributed by atoms with Crippen LogP contribution in [0.15, 0.2) is 16.6 Å². The standard InChI is InChI=1S/C13H16N4O2S2/c14-11-9-3-5-20-12(9)17-13(16-11)21-7-10(18)15-6-8-2-1-4-19-8/h3,5,8H,1-2,4,6-7H2,(H,15,18)(H2,14,16,17). The van der Waals surface area contributed by atoms with Crippen molar-refractivity contribution in [2.24, 2.45) is 0 Å². The van der Waals surface area contributed by atoms with Crippen molar-refractivity contribution < 1.29 is 9.53 Å². The Labute approximate surface area is 130 Å². The molecule has 0 aliphatic carbocycles. The van der Waals surface area contributed by atoms with E-state index in [1.807, 2.05) is 11.4 Å². The van der Waals surface area contributed by atoms with Gasteiger partial charge in [0.05, 0.1) is 17.2 Å². The van der Waals surface area contributed by atoms with E-state index in [0.29, 0.717) is 17.5 Å². The molecule has 1 aliphatic heterocycles. The van der Waals surface area contributed by atoms with Gasteiger partial charge < -0.3 is 15.8 Å². The molecule has 21 heavy (non-hydrogen) atoms. The van der Waals surface area contributed by atoms with Gasteiger partial charge >= 0.3 is 0 Å². The molecule has 1 unspecified atom stereocenters. The summed E-state index contributed by atoms with van der Waals surface area (Å²) in [5, 5.41) is 6.21. The molecule has 1 aliphatic rings. The van der Waals surface area contributed by atoms with Crippen LogP contribution in [0.4, 0.5) is 5.82 Å². The predicted octanol–water partition coefficient (Wildman–Crippen LogP) is 1.66. The highest BCUT2D eigenvalue weighted by Crippen LogP contribution is 2.26. The van der Waals surface area contributed by atoms with Crippen molar-refractivity contribution in [1.29, 1.82) is 0 Å². The Morgan fingerprint density at radius 2 is 2.48 bits per heavy atom. The summed E-state index contributed by atoms with van der Waals surface area (Å²) < 4.78 is 5.46. The minimum Gasteiger partial charge on any atom is -0.383 e. The minimum absolute atomic E-state index is 0.0380. The number of rotatable bonds is 5. The van der Waals surface area contributed by atoms with Crippen LogP contribution in [0.25, 0.3) is 10.2 Å². The Balaban J connectivity index is 1.52. The molecular formula is C13H16N4O2S2. The number of hydrogen-bond acceptors (Lipinski definition) is 7. The third kappa shape index (κ3) is 3.63. The fraction of sp³-hybridized carbons (Fsp3) is 0.462. The Kier molecular flexibility index (Phi) is 4.57. The van der Waals surface area contributed by atoms with Gasteiger partial charge in [0.2, 0.25) is 5.91 Å². The van der Waals surface area contributed by atoms with Crippen LogP contribution in [-0.4, -0.2) is 40.9 Å². The van der Waals surface area contributed by atoms with Crippen molar-refractivity contribution in [2.45, 2.75) is 24.1 Å². The number of nitrogen functional groups attached to an aromatic ring is 1. The minimum atomic E-state index is -0.0380. The second kappa shape index (κ2) is 6.59. The van der Waals surface area contributed by atoms with Gasteiger partial charge in [0.1, 0.15) is 10.6 Å². The van der Waals surface area contributed by atoms with Crippen LogP contribution in [0.1, 0.15) is 12.8 Å². The summed E-state index contributed by atoms with van der Waals surface area (Å²) in [6.07, 6.45) is 2.25. The topological polar surface area (TPSA) is 90.1 Å². The van der Waals surface area contributed by atoms with Crippen LogP contribution < -0.4 is 11.1 Å². The van der Waals surface area contributed by atoms with Gasteiger partial charge in [-0.25, -0.2) is 9.97 Å². The lowest BCUT2D eigenvalue weighted by Crippen LogP contribution is -2.32. The quantitative estimate of drug-likeness (QED) is 0.642. The zero-order valence-corrected chi connectivity index (χ0v) is 13.0. The Morgan fingerprint density at radius 3 is 3.29 bits per heavy atom. The maximum Gasteiger partial charge on any atom is 0.230 e. The van der Waals surface area contributed by atoms with E-state index in [0.717, 1.165) is 29.7 Å². The first-order chi connectivity index (χ1) is 10.2. The summed E-state index contributed by atoms with van der Waals surface area (Å²) in [6, 6.07) is 1.90. The van der Waals surface area contributed by atoms with Crippen molar-refractivity contribution in [2.75, 3.05) is 24.6 Å². The smallest absolute Gasteiger partial charge is 0.230 e. The third-order valence-electron chi connectivity index (χ3n) is 3.22. The molecule has 2 aromatic heterocycles. The average Bonchev–Trinajstić information content (AvgIpc) is 3.14. The fourth-order valence-corrected chi connectivity index (χ4v) is 3.65. The molecule has 1 fully saturated rings. The number of nitrogens with two attached hydrogens (primary N) is 1. The van der Waals surface area contributed by atoms with E-state index in [4.69, 9.17) is 10.5 Å². The second-order valence-electron chi connectivity index (χ2n) is 4.76. The molecule has 3 rings (SSSR count). The van der Waals surface area contributed by atoms with E-state index in [1.54, 1.807) is 0 Å². The van der Waals surface area contributed by atoms with Gasteiger partial charge in [-0.2, -0.15) is 0 Å². The molecule has 3 heterocycles. The molecule has 1 atom stereocenters. The largest absolute Gasteiger partial charge is 0.383 e. The Hall–Kier alpha value is -1.38. The Bertz CT molecular complexity index is 640. The molecule has 3 N–H and O–H groups in total. The van der Waals surface area contributed by atoms with Crippen LogP contribution in [0.2, 0.25) is 0 Å². The van der Waals surface area contributed by atoms with E-state index in [2.05, 4.69) is 15.3 Å². The van der Waals surface area contributed by atoms with Crippen LogP contribution in [0, 0.1) is 0 Å². The number of thioether (sulfide) groups is 1. The number of ether oxygens (including phenoxy) is 1. The summed E-state index contributed by atoms with van der Waals surface area (Å²) in [5.41, 5.74) is 5.87. The number of anilines is 1. The average molecular weight is 324 g/mol. The van der Waals surface area contributed by atoms with Gasteiger partial charge in [0.15, 0.2) is 5.16 Å². The SMILES string of the molecule is Nc1nc(SCC(=O)NCC2CCCO2)nc2sccc12. The number of carbonyl (C=O) groups excluding carboxylic acids is 1. The molecule has 0 saturated carbocycles. The maximum absolute atomic E-state index is 11.8. The van der Waals surface area contributed by atoms with E-state index in [-0.39, 0.29) is 17.8 Å². The molecule has 0 radical (unpaired) electrons. The molecule has 6 nitrogen and oxygen atoms in total. The van der Waals surface area contributed by atoms with Gasteiger partial charge in [0, 0.05) is 13.2 Å². The molecular weight excluding hydrogens is 308 g/mol. The molecule has 0 spiro atoms. The second-order valence-corrected chi connectivity index (χ2v) is 6.60. The van der Waals surface area contributed by atoms with Gasteiger partial charge in [-0.3, -0.25) is 4.79 Å². The van der Waals surface area contributed by atoms with Crippen molar-refractivity contribution in [3.05, 3.63) is 11.4 Å². The highest BCUT2D eigenvalue weighted by atomic mass is 32.2. The number of fused-ring (bicyclic) bond motifs is 1.